The normalized spacial score (nSPS) is 18.3. The summed E-state index contributed by atoms with van der Waals surface area (Å²) in [4.78, 5) is 16.0. The zero-order valence-electron chi connectivity index (χ0n) is 51.9. The zero-order valence-corrected chi connectivity index (χ0v) is 51.9. The molecule has 8 aromatic carbocycles. The molecule has 4 unspecified atom stereocenters. The predicted octanol–water partition coefficient (Wildman–Crippen LogP) is 16.5. The van der Waals surface area contributed by atoms with Crippen LogP contribution < -0.4 is 9.47 Å². The van der Waals surface area contributed by atoms with E-state index in [0.29, 0.717) is 13.2 Å². The number of hydrogen-bond donors (Lipinski definition) is 0. The second kappa shape index (κ2) is 25.7. The van der Waals surface area contributed by atoms with Gasteiger partial charge in [0, 0.05) is 0 Å². The van der Waals surface area contributed by atoms with Gasteiger partial charge in [-0.25, -0.2) is 0 Å². The standard InChI is InChI=1S/C40H40O3.C38H36O3.2CH2O/c1-24(2)15-28-19-30(17-26(5)38(28)37-23-42-37)40(35-13-9-7-11-33(35)34-12-8-10-14-36(34)40)31-18-27(6)39(43-22-32-21-41-32)29(20-31)16-25(3)4;1-24(2)17-26-19-28(13-15-31(26)37-23-41-37)38(34-11-7-5-9-32(34)33-10-6-8-12-35(33)38)29-14-16-36(40-22-30-21-39-30)27(20-29)18-25(3)4;2*1-2/h7-14,17-20,32,37H,1,3,15-16,21-23H2,2,4-6H3;5-16,19-20,30,37H,1,3,17-18,21-23H2,2,4H3;2*1H2. The molecular weight excluding hydrogens is 1090 g/mol. The van der Waals surface area contributed by atoms with E-state index in [1.807, 2.05) is 13.6 Å². The number of carbonyl (C=O) groups is 2. The molecule has 0 bridgehead atoms. The molecule has 4 aliphatic heterocycles. The molecule has 0 aromatic heterocycles. The SMILES string of the molecule is C=C(C)Cc1cc(C2(c3cc(C)c(C4CO4)c(CC(=C)C)c3)c3ccccc3-c3ccccc32)cc(C)c1OCC1CO1.C=C(C)Cc1cc(C2(c3ccc(C4CO4)c(CC(=C)C)c3)c3ccccc3-c3ccccc32)ccc1OCC1CO1.C=O.C=O. The van der Waals surface area contributed by atoms with Gasteiger partial charge in [0.25, 0.3) is 0 Å². The quantitative estimate of drug-likeness (QED) is 0.0549. The molecule has 4 saturated heterocycles. The molecule has 14 rings (SSSR count). The van der Waals surface area contributed by atoms with E-state index in [4.69, 9.17) is 38.0 Å². The van der Waals surface area contributed by atoms with Crippen molar-refractivity contribution in [3.8, 4) is 33.8 Å². The van der Waals surface area contributed by atoms with Gasteiger partial charge >= 0.3 is 0 Å². The van der Waals surface area contributed by atoms with E-state index in [0.717, 1.165) is 97.0 Å². The molecule has 0 amide bonds. The molecule has 88 heavy (non-hydrogen) atoms. The minimum atomic E-state index is -0.503. The number of carbonyl (C=O) groups excluding carboxylic acids is 2. The van der Waals surface area contributed by atoms with Gasteiger partial charge in [-0.05, 0) is 185 Å². The van der Waals surface area contributed by atoms with E-state index >= 15 is 0 Å². The Labute approximate surface area is 520 Å². The lowest BCUT2D eigenvalue weighted by molar-refractivity contribution is -0.0987. The van der Waals surface area contributed by atoms with Crippen LogP contribution in [-0.4, -0.2) is 65.4 Å². The molecule has 6 aliphatic rings. The summed E-state index contributed by atoms with van der Waals surface area (Å²) < 4.78 is 35.2. The Hall–Kier alpha value is -8.50. The Bertz CT molecular complexity index is 3900. The summed E-state index contributed by atoms with van der Waals surface area (Å²) in [5.74, 6) is 1.86. The number of rotatable bonds is 20. The average Bonchev–Trinajstić information content (AvgIpc) is 1.54. The molecule has 8 heteroatoms. The van der Waals surface area contributed by atoms with E-state index in [-0.39, 0.29) is 24.4 Å². The molecular formula is C80H80O8. The molecule has 4 heterocycles. The van der Waals surface area contributed by atoms with Crippen molar-refractivity contribution in [3.05, 3.63) is 295 Å². The Morgan fingerprint density at radius 2 is 0.795 bits per heavy atom. The van der Waals surface area contributed by atoms with Gasteiger partial charge in [-0.2, -0.15) is 0 Å². The van der Waals surface area contributed by atoms with Crippen molar-refractivity contribution < 1.29 is 38.0 Å². The highest BCUT2D eigenvalue weighted by Crippen LogP contribution is 2.59. The van der Waals surface area contributed by atoms with E-state index < -0.39 is 10.8 Å². The first-order valence-corrected chi connectivity index (χ1v) is 30.5. The fourth-order valence-corrected chi connectivity index (χ4v) is 14.0. The number of aryl methyl sites for hydroxylation is 2. The van der Waals surface area contributed by atoms with Crippen LogP contribution in [0.3, 0.4) is 0 Å². The van der Waals surface area contributed by atoms with Crippen molar-refractivity contribution in [3.63, 3.8) is 0 Å². The molecule has 0 saturated carbocycles. The van der Waals surface area contributed by atoms with Crippen LogP contribution in [-0.2, 0) is 65.0 Å². The average molecular weight is 1170 g/mol. The number of hydrogen-bond acceptors (Lipinski definition) is 8. The maximum atomic E-state index is 8.00. The van der Waals surface area contributed by atoms with Crippen molar-refractivity contribution in [2.24, 2.45) is 0 Å². The number of epoxide rings is 4. The minimum Gasteiger partial charge on any atom is -0.490 e. The van der Waals surface area contributed by atoms with Crippen molar-refractivity contribution in [2.45, 2.75) is 102 Å². The summed E-state index contributed by atoms with van der Waals surface area (Å²) in [6.45, 7) is 38.2. The first-order valence-electron chi connectivity index (χ1n) is 30.5. The fourth-order valence-electron chi connectivity index (χ4n) is 14.0. The van der Waals surface area contributed by atoms with Gasteiger partial charge in [0.05, 0.1) is 37.3 Å². The Kier molecular flexibility index (Phi) is 17.8. The number of allylic oxidation sites excluding steroid dienone is 4. The highest BCUT2D eigenvalue weighted by molar-refractivity contribution is 5.88. The maximum Gasteiger partial charge on any atom is 0.125 e. The Morgan fingerprint density at radius 3 is 1.26 bits per heavy atom. The van der Waals surface area contributed by atoms with Gasteiger partial charge in [-0.15, -0.1) is 0 Å². The first-order chi connectivity index (χ1) is 42.7. The van der Waals surface area contributed by atoms with Gasteiger partial charge in [-0.3, -0.25) is 0 Å². The first kappa shape index (κ1) is 61.2. The summed E-state index contributed by atoms with van der Waals surface area (Å²) in [7, 11) is 0. The zero-order chi connectivity index (χ0) is 62.0. The number of benzene rings is 8. The van der Waals surface area contributed by atoms with Gasteiger partial charge in [0.1, 0.15) is 62.7 Å². The molecule has 4 fully saturated rings. The van der Waals surface area contributed by atoms with Gasteiger partial charge in [0.2, 0.25) is 0 Å². The Balaban J connectivity index is 0.000000172. The third-order valence-electron chi connectivity index (χ3n) is 17.6. The summed E-state index contributed by atoms with van der Waals surface area (Å²) in [6.07, 6.45) is 3.94. The molecule has 4 atom stereocenters. The lowest BCUT2D eigenvalue weighted by Crippen LogP contribution is -2.29. The summed E-state index contributed by atoms with van der Waals surface area (Å²) >= 11 is 0. The second-order valence-corrected chi connectivity index (χ2v) is 24.8. The summed E-state index contributed by atoms with van der Waals surface area (Å²) in [5.41, 5.74) is 28.9. The molecule has 0 spiro atoms. The predicted molar refractivity (Wildman–Crippen MR) is 353 cm³/mol. The number of fused-ring (bicyclic) bond motifs is 6. The highest BCUT2D eigenvalue weighted by Gasteiger charge is 2.49. The van der Waals surface area contributed by atoms with E-state index in [9.17, 15) is 0 Å². The second-order valence-electron chi connectivity index (χ2n) is 24.8. The van der Waals surface area contributed by atoms with Crippen LogP contribution in [0.2, 0.25) is 0 Å². The lowest BCUT2D eigenvalue weighted by Gasteiger charge is -2.36. The van der Waals surface area contributed by atoms with E-state index in [2.05, 4.69) is 226 Å². The summed E-state index contributed by atoms with van der Waals surface area (Å²) in [5, 5.41) is 0. The minimum absolute atomic E-state index is 0.179. The van der Waals surface area contributed by atoms with Crippen LogP contribution >= 0.6 is 0 Å². The third kappa shape index (κ3) is 11.9. The van der Waals surface area contributed by atoms with E-state index in [1.165, 1.54) is 100 Å². The van der Waals surface area contributed by atoms with Gasteiger partial charge in [0.15, 0.2) is 0 Å². The molecule has 0 radical (unpaired) electrons. The van der Waals surface area contributed by atoms with Crippen molar-refractivity contribution in [1.29, 1.82) is 0 Å². The van der Waals surface area contributed by atoms with Crippen LogP contribution in [0.4, 0.5) is 0 Å². The maximum absolute atomic E-state index is 8.00. The van der Waals surface area contributed by atoms with Crippen LogP contribution in [0, 0.1) is 13.8 Å². The molecule has 8 aromatic rings. The van der Waals surface area contributed by atoms with Crippen LogP contribution in [0.15, 0.2) is 206 Å². The van der Waals surface area contributed by atoms with Crippen LogP contribution in [0.25, 0.3) is 22.3 Å². The smallest absolute Gasteiger partial charge is 0.125 e. The monoisotopic (exact) mass is 1170 g/mol. The molecule has 0 N–H and O–H groups in total. The van der Waals surface area contributed by atoms with Crippen LogP contribution in [0.5, 0.6) is 11.5 Å². The van der Waals surface area contributed by atoms with Crippen molar-refractivity contribution in [1.82, 2.24) is 0 Å². The molecule has 8 nitrogen and oxygen atoms in total. The number of ether oxygens (including phenoxy) is 6. The fraction of sp³-hybridized carbons (Fsp3) is 0.275. The molecule has 448 valence electrons. The molecule has 2 aliphatic carbocycles. The van der Waals surface area contributed by atoms with E-state index in [1.54, 1.807) is 0 Å². The topological polar surface area (TPSA) is 103 Å². The van der Waals surface area contributed by atoms with Gasteiger partial charge in [-0.1, -0.05) is 200 Å². The highest BCUT2D eigenvalue weighted by atomic mass is 16.6. The third-order valence-corrected chi connectivity index (χ3v) is 17.6. The van der Waals surface area contributed by atoms with Gasteiger partial charge < -0.3 is 38.0 Å². The lowest BCUT2D eigenvalue weighted by atomic mass is 9.66. The van der Waals surface area contributed by atoms with Crippen molar-refractivity contribution in [2.75, 3.05) is 39.6 Å². The summed E-state index contributed by atoms with van der Waals surface area (Å²) in [6, 6.07) is 59.1. The Morgan fingerprint density at radius 1 is 0.420 bits per heavy atom. The van der Waals surface area contributed by atoms with Crippen molar-refractivity contribution >= 4 is 13.6 Å². The van der Waals surface area contributed by atoms with Crippen LogP contribution in [0.1, 0.15) is 129 Å². The largest absolute Gasteiger partial charge is 0.490 e.